The summed E-state index contributed by atoms with van der Waals surface area (Å²) < 4.78 is 26.2. The molecule has 0 spiro atoms. The molecule has 1 unspecified atom stereocenters. The van der Waals surface area contributed by atoms with Crippen molar-refractivity contribution in [2.24, 2.45) is 0 Å². The van der Waals surface area contributed by atoms with Crippen LogP contribution in [-0.4, -0.2) is 41.0 Å². The van der Waals surface area contributed by atoms with E-state index in [4.69, 9.17) is 19.3 Å². The van der Waals surface area contributed by atoms with Crippen LogP contribution >= 0.6 is 7.82 Å². The van der Waals surface area contributed by atoms with Crippen LogP contribution in [0.4, 0.5) is 0 Å². The predicted octanol–water partition coefficient (Wildman–Crippen LogP) is 11.4. The lowest BCUT2D eigenvalue weighted by atomic mass is 10.2. The van der Waals surface area contributed by atoms with Gasteiger partial charge >= 0.3 is 19.8 Å². The number of allylic oxidation sites excluding steroid dienone is 20. The monoisotopic (exact) mass is 740 g/mol. The minimum absolute atomic E-state index is 0.0693. The first-order chi connectivity index (χ1) is 25.3. The van der Waals surface area contributed by atoms with Gasteiger partial charge in [-0.2, -0.15) is 0 Å². The van der Waals surface area contributed by atoms with Crippen LogP contribution in [-0.2, 0) is 28.2 Å². The molecule has 0 saturated carbocycles. The summed E-state index contributed by atoms with van der Waals surface area (Å²) in [6.45, 7) is 3.32. The van der Waals surface area contributed by atoms with E-state index >= 15 is 0 Å². The molecule has 1 atom stereocenters. The Morgan fingerprint density at radius 3 is 1.29 bits per heavy atom. The number of rotatable bonds is 32. The third kappa shape index (κ3) is 39.2. The number of hydrogen-bond donors (Lipinski definition) is 2. The summed E-state index contributed by atoms with van der Waals surface area (Å²) in [6, 6.07) is 0. The maximum Gasteiger partial charge on any atom is 0.469 e. The van der Waals surface area contributed by atoms with Gasteiger partial charge in [0, 0.05) is 12.8 Å². The SMILES string of the molecule is CC/C=C\C/C=C\C/C=C\C/C=C\C/C=C\C/C=C\CCC(=O)OC(COC(=O)CCCC/C=C\C/C=C\C/C=C\C/C=C\CC)COP(=O)(O)O. The van der Waals surface area contributed by atoms with Crippen molar-refractivity contribution in [3.63, 3.8) is 0 Å². The van der Waals surface area contributed by atoms with E-state index in [1.54, 1.807) is 0 Å². The van der Waals surface area contributed by atoms with E-state index in [2.05, 4.69) is 128 Å². The van der Waals surface area contributed by atoms with E-state index < -0.39 is 32.5 Å². The molecular formula is C43H65O8P. The molecule has 8 nitrogen and oxygen atoms in total. The molecular weight excluding hydrogens is 675 g/mol. The molecule has 0 bridgehead atoms. The average molecular weight is 741 g/mol. The largest absolute Gasteiger partial charge is 0.469 e. The van der Waals surface area contributed by atoms with Gasteiger partial charge in [0.1, 0.15) is 6.61 Å². The lowest BCUT2D eigenvalue weighted by molar-refractivity contribution is -0.161. The Morgan fingerprint density at radius 1 is 0.500 bits per heavy atom. The maximum absolute atomic E-state index is 12.3. The van der Waals surface area contributed by atoms with Crippen LogP contribution in [0.2, 0.25) is 0 Å². The van der Waals surface area contributed by atoms with Gasteiger partial charge in [-0.05, 0) is 89.9 Å². The molecule has 0 aliphatic carbocycles. The van der Waals surface area contributed by atoms with Gasteiger partial charge in [0.15, 0.2) is 6.10 Å². The molecule has 2 N–H and O–H groups in total. The highest BCUT2D eigenvalue weighted by Gasteiger charge is 2.22. The zero-order valence-corrected chi connectivity index (χ0v) is 32.5. The molecule has 0 fully saturated rings. The zero-order valence-electron chi connectivity index (χ0n) is 31.6. The first-order valence-corrected chi connectivity index (χ1v) is 20.4. The number of phosphoric ester groups is 1. The number of carbonyl (C=O) groups is 2. The van der Waals surface area contributed by atoms with Crippen molar-refractivity contribution in [1.82, 2.24) is 0 Å². The van der Waals surface area contributed by atoms with Crippen LogP contribution in [0.3, 0.4) is 0 Å². The van der Waals surface area contributed by atoms with Crippen molar-refractivity contribution >= 4 is 19.8 Å². The Hall–Kier alpha value is -3.55. The Balaban J connectivity index is 4.21. The number of esters is 2. The highest BCUT2D eigenvalue weighted by atomic mass is 31.2. The Bertz CT molecular complexity index is 1240. The van der Waals surface area contributed by atoms with Crippen molar-refractivity contribution in [1.29, 1.82) is 0 Å². The quantitative estimate of drug-likeness (QED) is 0.0303. The van der Waals surface area contributed by atoms with E-state index in [0.717, 1.165) is 77.0 Å². The summed E-state index contributed by atoms with van der Waals surface area (Å²) in [5.41, 5.74) is 0. The molecule has 0 aliphatic rings. The summed E-state index contributed by atoms with van der Waals surface area (Å²) in [5.74, 6) is -1.05. The molecule has 0 heterocycles. The minimum Gasteiger partial charge on any atom is -0.462 e. The second-order valence-corrected chi connectivity index (χ2v) is 13.0. The molecule has 0 amide bonds. The number of carbonyl (C=O) groups excluding carboxylic acids is 2. The molecule has 0 rings (SSSR count). The van der Waals surface area contributed by atoms with Gasteiger partial charge in [0.25, 0.3) is 0 Å². The second-order valence-electron chi connectivity index (χ2n) is 11.8. The molecule has 0 saturated heterocycles. The normalized spacial score (nSPS) is 13.8. The number of hydrogen-bond acceptors (Lipinski definition) is 6. The zero-order chi connectivity index (χ0) is 38.2. The van der Waals surface area contributed by atoms with E-state index in [1.807, 2.05) is 12.2 Å². The van der Waals surface area contributed by atoms with Gasteiger partial charge in [-0.1, -0.05) is 135 Å². The van der Waals surface area contributed by atoms with E-state index in [0.29, 0.717) is 12.8 Å². The van der Waals surface area contributed by atoms with Crippen LogP contribution in [0.5, 0.6) is 0 Å². The predicted molar refractivity (Wildman–Crippen MR) is 215 cm³/mol. The molecule has 0 aliphatic heterocycles. The van der Waals surface area contributed by atoms with Crippen molar-refractivity contribution in [3.8, 4) is 0 Å². The summed E-state index contributed by atoms with van der Waals surface area (Å²) >= 11 is 0. The minimum atomic E-state index is -4.79. The number of ether oxygens (including phenoxy) is 2. The molecule has 0 radical (unpaired) electrons. The third-order valence-electron chi connectivity index (χ3n) is 6.99. The standard InChI is InChI=1S/C43H65O8P/c1-3-5-7-9-11-13-15-17-19-20-21-22-24-26-28-30-32-34-36-38-43(45)51-41(40-50-52(46,47)48)39-49-42(44)37-35-33-31-29-27-25-23-18-16-14-12-10-8-6-4-2/h5-8,11-14,17-19,21-23,26-29,32,34,41H,3-4,9-10,15-16,20,24-25,30-31,33,35-40H2,1-2H3,(H2,46,47,48)/b7-5-,8-6-,13-11-,14-12-,19-17-,22-21-,23-18-,28-26-,29-27-,34-32-. The van der Waals surface area contributed by atoms with Crippen molar-refractivity contribution in [3.05, 3.63) is 122 Å². The van der Waals surface area contributed by atoms with Gasteiger partial charge in [0.05, 0.1) is 6.61 Å². The average Bonchev–Trinajstić information content (AvgIpc) is 3.11. The Kier molecular flexibility index (Phi) is 34.7. The van der Waals surface area contributed by atoms with Crippen LogP contribution in [0.15, 0.2) is 122 Å². The van der Waals surface area contributed by atoms with Crippen LogP contribution < -0.4 is 0 Å². The fraction of sp³-hybridized carbons (Fsp3) is 0.488. The van der Waals surface area contributed by atoms with Gasteiger partial charge in [-0.25, -0.2) is 4.57 Å². The van der Waals surface area contributed by atoms with Crippen molar-refractivity contribution in [2.45, 2.75) is 123 Å². The Morgan fingerprint density at radius 2 is 0.885 bits per heavy atom. The lowest BCUT2D eigenvalue weighted by Gasteiger charge is -2.18. The summed E-state index contributed by atoms with van der Waals surface area (Å²) in [4.78, 5) is 42.7. The van der Waals surface area contributed by atoms with Crippen LogP contribution in [0.25, 0.3) is 0 Å². The number of phosphoric acid groups is 1. The number of unbranched alkanes of at least 4 members (excludes halogenated alkanes) is 2. The molecule has 0 aromatic carbocycles. The third-order valence-corrected chi connectivity index (χ3v) is 7.47. The van der Waals surface area contributed by atoms with E-state index in [9.17, 15) is 14.2 Å². The molecule has 52 heavy (non-hydrogen) atoms. The van der Waals surface area contributed by atoms with E-state index in [1.165, 1.54) is 0 Å². The van der Waals surface area contributed by atoms with E-state index in [-0.39, 0.29) is 19.4 Å². The summed E-state index contributed by atoms with van der Waals surface area (Å²) in [7, 11) is -4.79. The topological polar surface area (TPSA) is 119 Å². The van der Waals surface area contributed by atoms with Gasteiger partial charge in [0.2, 0.25) is 0 Å². The fourth-order valence-electron chi connectivity index (χ4n) is 4.27. The van der Waals surface area contributed by atoms with Crippen LogP contribution in [0, 0.1) is 0 Å². The molecule has 290 valence electrons. The van der Waals surface area contributed by atoms with Crippen molar-refractivity contribution in [2.75, 3.05) is 13.2 Å². The first-order valence-electron chi connectivity index (χ1n) is 18.8. The molecule has 9 heteroatoms. The second kappa shape index (κ2) is 37.2. The maximum atomic E-state index is 12.3. The highest BCUT2D eigenvalue weighted by Crippen LogP contribution is 2.35. The molecule has 0 aromatic rings. The smallest absolute Gasteiger partial charge is 0.462 e. The van der Waals surface area contributed by atoms with Gasteiger partial charge in [-0.15, -0.1) is 0 Å². The molecule has 0 aromatic heterocycles. The Labute approximate surface area is 314 Å². The first kappa shape index (κ1) is 48.5. The van der Waals surface area contributed by atoms with Crippen molar-refractivity contribution < 1.29 is 37.9 Å². The fourth-order valence-corrected chi connectivity index (χ4v) is 4.63. The van der Waals surface area contributed by atoms with Gasteiger partial charge in [-0.3, -0.25) is 14.1 Å². The summed E-state index contributed by atoms with van der Waals surface area (Å²) in [6.07, 6.45) is 53.6. The van der Waals surface area contributed by atoms with Gasteiger partial charge < -0.3 is 19.3 Å². The highest BCUT2D eigenvalue weighted by molar-refractivity contribution is 7.46. The lowest BCUT2D eigenvalue weighted by Crippen LogP contribution is -2.29. The summed E-state index contributed by atoms with van der Waals surface area (Å²) in [5, 5.41) is 0. The van der Waals surface area contributed by atoms with Crippen LogP contribution in [0.1, 0.15) is 117 Å².